The van der Waals surface area contributed by atoms with Gasteiger partial charge < -0.3 is 14.8 Å². The van der Waals surface area contributed by atoms with Gasteiger partial charge in [0.05, 0.1) is 6.54 Å². The van der Waals surface area contributed by atoms with E-state index < -0.39 is 0 Å². The van der Waals surface area contributed by atoms with Crippen LogP contribution in [0.2, 0.25) is 0 Å². The minimum atomic E-state index is 0.150. The van der Waals surface area contributed by atoms with Crippen LogP contribution in [-0.4, -0.2) is 85.8 Å². The molecule has 3 aliphatic rings. The molecule has 2 fully saturated rings. The van der Waals surface area contributed by atoms with Crippen molar-refractivity contribution in [2.75, 3.05) is 59.2 Å². The van der Waals surface area contributed by atoms with E-state index in [2.05, 4.69) is 32.1 Å². The fraction of sp³-hybridized carbons (Fsp3) is 0.667. The maximum atomic E-state index is 11.9. The Bertz CT molecular complexity index is 676. The number of hydrogen-bond acceptors (Lipinski definition) is 6. The first-order chi connectivity index (χ1) is 13.7. The van der Waals surface area contributed by atoms with E-state index in [0.717, 1.165) is 57.3 Å². The molecule has 4 rings (SSSR count). The number of likely N-dealkylation sites (tertiary alicyclic amines) is 1. The fourth-order valence-corrected chi connectivity index (χ4v) is 4.51. The lowest BCUT2D eigenvalue weighted by Crippen LogP contribution is -2.55. The number of hydrogen-bond donors (Lipinski definition) is 1. The van der Waals surface area contributed by atoms with Gasteiger partial charge >= 0.3 is 0 Å². The average Bonchev–Trinajstić information content (AvgIpc) is 3.17. The van der Waals surface area contributed by atoms with Crippen LogP contribution in [0.3, 0.4) is 0 Å². The minimum Gasteiger partial charge on any atom is -0.454 e. The molecule has 0 spiro atoms. The van der Waals surface area contributed by atoms with Crippen molar-refractivity contribution in [3.05, 3.63) is 23.8 Å². The van der Waals surface area contributed by atoms with Crippen molar-refractivity contribution < 1.29 is 14.3 Å². The second kappa shape index (κ2) is 9.11. The molecule has 1 amide bonds. The average molecular weight is 389 g/mol. The first-order valence-corrected chi connectivity index (χ1v) is 10.6. The van der Waals surface area contributed by atoms with Crippen molar-refractivity contribution in [2.45, 2.75) is 32.4 Å². The van der Waals surface area contributed by atoms with Crippen molar-refractivity contribution in [3.63, 3.8) is 0 Å². The van der Waals surface area contributed by atoms with E-state index in [1.54, 1.807) is 0 Å². The van der Waals surface area contributed by atoms with Gasteiger partial charge in [0.25, 0.3) is 0 Å². The van der Waals surface area contributed by atoms with Gasteiger partial charge in [0.1, 0.15) is 0 Å². The van der Waals surface area contributed by atoms with Gasteiger partial charge in [-0.3, -0.25) is 19.5 Å². The number of ether oxygens (including phenoxy) is 2. The van der Waals surface area contributed by atoms with E-state index in [1.807, 2.05) is 13.0 Å². The molecule has 0 aliphatic carbocycles. The maximum absolute atomic E-state index is 11.9. The zero-order valence-electron chi connectivity index (χ0n) is 16.9. The number of piperidine rings is 1. The van der Waals surface area contributed by atoms with Crippen LogP contribution in [0.1, 0.15) is 25.3 Å². The first kappa shape index (κ1) is 19.5. The molecule has 0 aromatic heterocycles. The molecule has 0 radical (unpaired) electrons. The number of amides is 1. The van der Waals surface area contributed by atoms with Crippen molar-refractivity contribution in [2.24, 2.45) is 0 Å². The Morgan fingerprint density at radius 3 is 2.75 bits per heavy atom. The van der Waals surface area contributed by atoms with Crippen LogP contribution in [0.15, 0.2) is 18.2 Å². The molecule has 1 aromatic carbocycles. The molecule has 0 unspecified atom stereocenters. The van der Waals surface area contributed by atoms with Gasteiger partial charge in [-0.15, -0.1) is 0 Å². The predicted molar refractivity (Wildman–Crippen MR) is 108 cm³/mol. The molecule has 2 saturated heterocycles. The summed E-state index contributed by atoms with van der Waals surface area (Å²) in [6.07, 6.45) is 2.43. The molecule has 0 saturated carbocycles. The van der Waals surface area contributed by atoms with Crippen LogP contribution in [-0.2, 0) is 11.3 Å². The summed E-state index contributed by atoms with van der Waals surface area (Å²) in [7, 11) is 0. The summed E-state index contributed by atoms with van der Waals surface area (Å²) in [6, 6.07) is 6.84. The fourth-order valence-electron chi connectivity index (χ4n) is 4.51. The highest BCUT2D eigenvalue weighted by Gasteiger charge is 2.28. The highest BCUT2D eigenvalue weighted by Crippen LogP contribution is 2.33. The molecular weight excluding hydrogens is 356 g/mol. The van der Waals surface area contributed by atoms with Crippen molar-refractivity contribution >= 4 is 5.91 Å². The minimum absolute atomic E-state index is 0.150. The second-order valence-corrected chi connectivity index (χ2v) is 7.98. The number of rotatable bonds is 6. The van der Waals surface area contributed by atoms with E-state index >= 15 is 0 Å². The molecule has 7 heteroatoms. The van der Waals surface area contributed by atoms with Crippen molar-refractivity contribution in [1.29, 1.82) is 0 Å². The van der Waals surface area contributed by atoms with E-state index in [4.69, 9.17) is 9.47 Å². The molecular formula is C21H32N4O3. The lowest BCUT2D eigenvalue weighted by molar-refractivity contribution is -0.122. The Labute approximate surface area is 167 Å². The van der Waals surface area contributed by atoms with Crippen LogP contribution >= 0.6 is 0 Å². The molecule has 1 atom stereocenters. The molecule has 1 N–H and O–H groups in total. The standard InChI is InChI=1S/C21H32N4O3/c1-2-22-21(26)15-24-7-3-4-18(14-24)25-10-8-23(9-11-25)13-17-5-6-19-20(12-17)28-16-27-19/h5-6,12,18H,2-4,7-11,13-16H2,1H3,(H,22,26)/t18-/m1/s1. The number of fused-ring (bicyclic) bond motifs is 1. The number of nitrogens with one attached hydrogen (secondary N) is 1. The SMILES string of the molecule is CCNC(=O)CN1CCC[C@@H](N2CCN(Cc3ccc4c(c3)OCO4)CC2)C1. The van der Waals surface area contributed by atoms with E-state index in [0.29, 0.717) is 25.9 Å². The van der Waals surface area contributed by atoms with E-state index in [1.165, 1.54) is 18.4 Å². The second-order valence-electron chi connectivity index (χ2n) is 7.98. The number of piperazine rings is 1. The molecule has 7 nitrogen and oxygen atoms in total. The lowest BCUT2D eigenvalue weighted by atomic mass is 10.0. The normalized spacial score (nSPS) is 23.7. The Morgan fingerprint density at radius 2 is 1.93 bits per heavy atom. The van der Waals surface area contributed by atoms with Gasteiger partial charge in [-0.25, -0.2) is 0 Å². The largest absolute Gasteiger partial charge is 0.454 e. The molecule has 3 heterocycles. The Balaban J connectivity index is 1.24. The monoisotopic (exact) mass is 388 g/mol. The number of benzene rings is 1. The van der Waals surface area contributed by atoms with Crippen LogP contribution in [0.4, 0.5) is 0 Å². The van der Waals surface area contributed by atoms with Gasteiger partial charge in [-0.2, -0.15) is 0 Å². The van der Waals surface area contributed by atoms with E-state index in [9.17, 15) is 4.79 Å². The van der Waals surface area contributed by atoms with Crippen LogP contribution in [0.5, 0.6) is 11.5 Å². The summed E-state index contributed by atoms with van der Waals surface area (Å²) in [4.78, 5) is 19.4. The smallest absolute Gasteiger partial charge is 0.234 e. The zero-order chi connectivity index (χ0) is 19.3. The molecule has 28 heavy (non-hydrogen) atoms. The number of carbonyl (C=O) groups excluding carboxylic acids is 1. The highest BCUT2D eigenvalue weighted by molar-refractivity contribution is 5.77. The molecule has 0 bridgehead atoms. The van der Waals surface area contributed by atoms with Crippen LogP contribution in [0.25, 0.3) is 0 Å². The summed E-state index contributed by atoms with van der Waals surface area (Å²) in [5.41, 5.74) is 1.28. The Kier molecular flexibility index (Phi) is 6.34. The summed E-state index contributed by atoms with van der Waals surface area (Å²) in [5.74, 6) is 1.87. The van der Waals surface area contributed by atoms with Gasteiger partial charge in [0.15, 0.2) is 11.5 Å². The summed E-state index contributed by atoms with van der Waals surface area (Å²) in [6.45, 7) is 10.9. The summed E-state index contributed by atoms with van der Waals surface area (Å²) in [5, 5.41) is 2.91. The number of likely N-dealkylation sites (N-methyl/N-ethyl adjacent to an activating group) is 1. The predicted octanol–water partition coefficient (Wildman–Crippen LogP) is 1.13. The van der Waals surface area contributed by atoms with Crippen LogP contribution in [0, 0.1) is 0 Å². The summed E-state index contributed by atoms with van der Waals surface area (Å²) < 4.78 is 10.9. The Morgan fingerprint density at radius 1 is 1.11 bits per heavy atom. The van der Waals surface area contributed by atoms with Crippen molar-refractivity contribution in [1.82, 2.24) is 20.0 Å². The lowest BCUT2D eigenvalue weighted by Gasteiger charge is -2.43. The highest BCUT2D eigenvalue weighted by atomic mass is 16.7. The maximum Gasteiger partial charge on any atom is 0.234 e. The van der Waals surface area contributed by atoms with E-state index in [-0.39, 0.29) is 5.91 Å². The third-order valence-corrected chi connectivity index (χ3v) is 5.99. The molecule has 3 aliphatic heterocycles. The number of nitrogens with zero attached hydrogens (tertiary/aromatic N) is 3. The van der Waals surface area contributed by atoms with Gasteiger partial charge in [0.2, 0.25) is 12.7 Å². The van der Waals surface area contributed by atoms with Gasteiger partial charge in [-0.1, -0.05) is 6.07 Å². The Hall–Kier alpha value is -1.83. The van der Waals surface area contributed by atoms with Gasteiger partial charge in [0, 0.05) is 51.9 Å². The summed E-state index contributed by atoms with van der Waals surface area (Å²) >= 11 is 0. The molecule has 154 valence electrons. The number of carbonyl (C=O) groups is 1. The quantitative estimate of drug-likeness (QED) is 0.789. The first-order valence-electron chi connectivity index (χ1n) is 10.6. The van der Waals surface area contributed by atoms with Crippen molar-refractivity contribution in [3.8, 4) is 11.5 Å². The topological polar surface area (TPSA) is 57.3 Å². The van der Waals surface area contributed by atoms with Gasteiger partial charge in [-0.05, 0) is 44.0 Å². The molecule has 1 aromatic rings. The third kappa shape index (κ3) is 4.77. The van der Waals surface area contributed by atoms with Crippen LogP contribution < -0.4 is 14.8 Å². The third-order valence-electron chi connectivity index (χ3n) is 5.99. The zero-order valence-corrected chi connectivity index (χ0v) is 16.9.